The van der Waals surface area contributed by atoms with Crippen LogP contribution < -0.4 is 10.2 Å². The zero-order valence-electron chi connectivity index (χ0n) is 14.8. The third-order valence-corrected chi connectivity index (χ3v) is 4.84. The lowest BCUT2D eigenvalue weighted by Crippen LogP contribution is -2.10. The van der Waals surface area contributed by atoms with E-state index in [-0.39, 0.29) is 5.97 Å². The van der Waals surface area contributed by atoms with Gasteiger partial charge in [0.1, 0.15) is 5.75 Å². The Morgan fingerprint density at radius 2 is 1.85 bits per heavy atom. The monoisotopic (exact) mass is 365 g/mol. The van der Waals surface area contributed by atoms with Crippen LogP contribution in [0.15, 0.2) is 53.6 Å². The molecule has 6 heteroatoms. The molecule has 132 valence electrons. The Balaban J connectivity index is 1.60. The number of aromatic nitrogens is 1. The number of nitrogens with one attached hydrogen (secondary N) is 1. The Kier molecular flexibility index (Phi) is 5.43. The molecular formula is C20H19N3O2S. The predicted octanol–water partition coefficient (Wildman–Crippen LogP) is 4.73. The molecule has 0 bridgehead atoms. The highest BCUT2D eigenvalue weighted by Crippen LogP contribution is 2.21. The molecule has 0 saturated carbocycles. The van der Waals surface area contributed by atoms with Crippen LogP contribution in [0.4, 0.5) is 5.13 Å². The van der Waals surface area contributed by atoms with E-state index in [9.17, 15) is 4.79 Å². The van der Waals surface area contributed by atoms with Gasteiger partial charge >= 0.3 is 5.97 Å². The van der Waals surface area contributed by atoms with Crippen molar-refractivity contribution < 1.29 is 9.53 Å². The van der Waals surface area contributed by atoms with Gasteiger partial charge in [-0.25, -0.2) is 9.78 Å². The molecule has 26 heavy (non-hydrogen) atoms. The summed E-state index contributed by atoms with van der Waals surface area (Å²) in [6, 6.07) is 14.5. The van der Waals surface area contributed by atoms with Crippen LogP contribution in [0.2, 0.25) is 0 Å². The predicted molar refractivity (Wildman–Crippen MR) is 105 cm³/mol. The minimum absolute atomic E-state index is 0.360. The quantitative estimate of drug-likeness (QED) is 0.307. The fourth-order valence-corrected chi connectivity index (χ4v) is 3.03. The van der Waals surface area contributed by atoms with Crippen LogP contribution in [-0.2, 0) is 0 Å². The van der Waals surface area contributed by atoms with E-state index >= 15 is 0 Å². The molecule has 1 N–H and O–H groups in total. The standard InChI is InChI=1S/C20H19N3O2S/c1-13-6-4-5-7-18(13)19(24)25-17-10-8-16(9-11-17)12-21-23-20-22-14(2)15(3)26-20/h4-12H,1-3H3,(H,22,23). The molecule has 0 atom stereocenters. The van der Waals surface area contributed by atoms with Gasteiger partial charge in [-0.2, -0.15) is 5.10 Å². The largest absolute Gasteiger partial charge is 0.423 e. The van der Waals surface area contributed by atoms with Crippen LogP contribution in [0, 0.1) is 20.8 Å². The third-order valence-electron chi connectivity index (χ3n) is 3.86. The van der Waals surface area contributed by atoms with Crippen molar-refractivity contribution in [1.29, 1.82) is 0 Å². The summed E-state index contributed by atoms with van der Waals surface area (Å²) in [6.07, 6.45) is 1.69. The lowest BCUT2D eigenvalue weighted by molar-refractivity contribution is 0.0734. The van der Waals surface area contributed by atoms with Gasteiger partial charge in [-0.1, -0.05) is 18.2 Å². The molecule has 0 aliphatic rings. The molecule has 0 radical (unpaired) electrons. The summed E-state index contributed by atoms with van der Waals surface area (Å²) >= 11 is 1.56. The average molecular weight is 365 g/mol. The molecule has 0 aliphatic carbocycles. The minimum Gasteiger partial charge on any atom is -0.423 e. The van der Waals surface area contributed by atoms with Crippen molar-refractivity contribution in [2.75, 3.05) is 5.43 Å². The molecule has 0 amide bonds. The Hall–Kier alpha value is -2.99. The molecule has 1 heterocycles. The molecule has 1 aromatic heterocycles. The lowest BCUT2D eigenvalue weighted by atomic mass is 10.1. The molecule has 0 saturated heterocycles. The number of nitrogens with zero attached hydrogens (tertiary/aromatic N) is 2. The van der Waals surface area contributed by atoms with Gasteiger partial charge in [0.2, 0.25) is 5.13 Å². The number of thiazole rings is 1. The number of hydrogen-bond acceptors (Lipinski definition) is 6. The summed E-state index contributed by atoms with van der Waals surface area (Å²) in [4.78, 5) is 17.7. The topological polar surface area (TPSA) is 63.6 Å². The van der Waals surface area contributed by atoms with Gasteiger partial charge in [-0.05, 0) is 62.2 Å². The molecule has 2 aromatic carbocycles. The zero-order valence-corrected chi connectivity index (χ0v) is 15.6. The summed E-state index contributed by atoms with van der Waals surface area (Å²) in [6.45, 7) is 5.88. The number of rotatable bonds is 5. The second-order valence-corrected chi connectivity index (χ2v) is 7.01. The Bertz CT molecular complexity index is 926. The number of hydrazone groups is 1. The van der Waals surface area contributed by atoms with E-state index in [1.165, 1.54) is 4.88 Å². The fraction of sp³-hybridized carbons (Fsp3) is 0.150. The summed E-state index contributed by atoms with van der Waals surface area (Å²) in [5, 5.41) is 4.95. The number of anilines is 1. The van der Waals surface area contributed by atoms with Gasteiger partial charge in [0, 0.05) is 4.88 Å². The van der Waals surface area contributed by atoms with Gasteiger partial charge in [-0.3, -0.25) is 5.43 Å². The van der Waals surface area contributed by atoms with Crippen LogP contribution in [-0.4, -0.2) is 17.2 Å². The molecule has 0 fully saturated rings. The molecule has 0 unspecified atom stereocenters. The molecule has 0 aliphatic heterocycles. The lowest BCUT2D eigenvalue weighted by Gasteiger charge is -2.06. The number of carbonyl (C=O) groups excluding carboxylic acids is 1. The van der Waals surface area contributed by atoms with E-state index in [0.717, 1.165) is 22.0 Å². The summed E-state index contributed by atoms with van der Waals surface area (Å²) in [7, 11) is 0. The van der Waals surface area contributed by atoms with Gasteiger partial charge < -0.3 is 4.74 Å². The number of hydrogen-bond donors (Lipinski definition) is 1. The zero-order chi connectivity index (χ0) is 18.5. The van der Waals surface area contributed by atoms with Gasteiger partial charge in [-0.15, -0.1) is 11.3 Å². The highest BCUT2D eigenvalue weighted by atomic mass is 32.1. The maximum Gasteiger partial charge on any atom is 0.343 e. The van der Waals surface area contributed by atoms with E-state index in [1.54, 1.807) is 35.8 Å². The van der Waals surface area contributed by atoms with Crippen LogP contribution in [0.5, 0.6) is 5.75 Å². The van der Waals surface area contributed by atoms with Crippen molar-refractivity contribution in [3.05, 3.63) is 75.8 Å². The Morgan fingerprint density at radius 1 is 1.12 bits per heavy atom. The number of benzene rings is 2. The van der Waals surface area contributed by atoms with E-state index in [4.69, 9.17) is 4.74 Å². The summed E-state index contributed by atoms with van der Waals surface area (Å²) in [5.74, 6) is 0.134. The second kappa shape index (κ2) is 7.93. The third kappa shape index (κ3) is 4.34. The molecular weight excluding hydrogens is 346 g/mol. The Labute approximate surface area is 156 Å². The summed E-state index contributed by atoms with van der Waals surface area (Å²) in [5.41, 5.74) is 6.27. The number of carbonyl (C=O) groups is 1. The van der Waals surface area contributed by atoms with Crippen molar-refractivity contribution in [2.24, 2.45) is 5.10 Å². The smallest absolute Gasteiger partial charge is 0.343 e. The highest BCUT2D eigenvalue weighted by molar-refractivity contribution is 7.15. The first-order valence-corrected chi connectivity index (χ1v) is 8.95. The van der Waals surface area contributed by atoms with Gasteiger partial charge in [0.05, 0.1) is 17.5 Å². The number of aryl methyl sites for hydroxylation is 3. The van der Waals surface area contributed by atoms with Crippen molar-refractivity contribution >= 4 is 28.7 Å². The van der Waals surface area contributed by atoms with Crippen molar-refractivity contribution in [3.8, 4) is 5.75 Å². The van der Waals surface area contributed by atoms with Crippen LogP contribution in [0.25, 0.3) is 0 Å². The number of esters is 1. The normalized spacial score (nSPS) is 10.9. The van der Waals surface area contributed by atoms with E-state index < -0.39 is 0 Å². The SMILES string of the molecule is Cc1ccccc1C(=O)Oc1ccc(C=NNc2nc(C)c(C)s2)cc1. The van der Waals surface area contributed by atoms with Crippen LogP contribution in [0.1, 0.15) is 32.1 Å². The first kappa shape index (κ1) is 17.8. The maximum atomic E-state index is 12.2. The fourth-order valence-electron chi connectivity index (χ4n) is 2.27. The van der Waals surface area contributed by atoms with Crippen LogP contribution >= 0.6 is 11.3 Å². The first-order valence-electron chi connectivity index (χ1n) is 8.14. The van der Waals surface area contributed by atoms with E-state index in [2.05, 4.69) is 15.5 Å². The molecule has 3 aromatic rings. The van der Waals surface area contributed by atoms with Crippen molar-refractivity contribution in [2.45, 2.75) is 20.8 Å². The average Bonchev–Trinajstić information content (AvgIpc) is 2.94. The van der Waals surface area contributed by atoms with Crippen LogP contribution in [0.3, 0.4) is 0 Å². The molecule has 3 rings (SSSR count). The van der Waals surface area contributed by atoms with Crippen molar-refractivity contribution in [1.82, 2.24) is 4.98 Å². The second-order valence-electron chi connectivity index (χ2n) is 5.80. The molecule has 5 nitrogen and oxygen atoms in total. The van der Waals surface area contributed by atoms with E-state index in [1.807, 2.05) is 51.1 Å². The molecule has 0 spiro atoms. The maximum absolute atomic E-state index is 12.2. The van der Waals surface area contributed by atoms with Gasteiger partial charge in [0.25, 0.3) is 0 Å². The first-order chi connectivity index (χ1) is 12.5. The van der Waals surface area contributed by atoms with E-state index in [0.29, 0.717) is 11.3 Å². The summed E-state index contributed by atoms with van der Waals surface area (Å²) < 4.78 is 5.42. The number of ether oxygens (including phenoxy) is 1. The van der Waals surface area contributed by atoms with Gasteiger partial charge in [0.15, 0.2) is 0 Å². The minimum atomic E-state index is -0.360. The Morgan fingerprint density at radius 3 is 2.50 bits per heavy atom. The highest BCUT2D eigenvalue weighted by Gasteiger charge is 2.10. The van der Waals surface area contributed by atoms with Crippen molar-refractivity contribution in [3.63, 3.8) is 0 Å².